The van der Waals surface area contributed by atoms with Crippen LogP contribution < -0.4 is 25.2 Å². The third-order valence-electron chi connectivity index (χ3n) is 11.8. The summed E-state index contributed by atoms with van der Waals surface area (Å²) >= 11 is 0. The van der Waals surface area contributed by atoms with Gasteiger partial charge in [-0.2, -0.15) is 23.9 Å². The number of imidazole rings is 1. The van der Waals surface area contributed by atoms with Crippen LogP contribution in [0, 0.1) is 18.8 Å². The maximum absolute atomic E-state index is 9.15. The molecule has 6 heterocycles. The number of pyridine rings is 1. The molecule has 0 fully saturated rings. The molecule has 2 radical (unpaired) electrons. The molecule has 3 aliphatic heterocycles. The van der Waals surface area contributed by atoms with Crippen molar-refractivity contribution < 1.29 is 35.4 Å². The Labute approximate surface area is 434 Å². The van der Waals surface area contributed by atoms with Crippen LogP contribution in [0.2, 0.25) is 0 Å². The number of anilines is 4. The number of nitrogens with zero attached hydrogens (tertiary/aromatic N) is 6. The van der Waals surface area contributed by atoms with Crippen molar-refractivity contribution >= 4 is 81.1 Å². The molecule has 3 aliphatic rings. The summed E-state index contributed by atoms with van der Waals surface area (Å²) in [5.74, 6) is 4.26. The van der Waals surface area contributed by atoms with Gasteiger partial charge in [0, 0.05) is 85.3 Å². The van der Waals surface area contributed by atoms with E-state index in [0.29, 0.717) is 27.8 Å². The van der Waals surface area contributed by atoms with Gasteiger partial charge in [-0.05, 0) is 82.2 Å². The molecule has 12 heteroatoms. The molecule has 70 heavy (non-hydrogen) atoms. The van der Waals surface area contributed by atoms with Crippen LogP contribution >= 0.6 is 0 Å². The Bertz CT molecular complexity index is 3830. The molecule has 0 aliphatic carbocycles. The van der Waals surface area contributed by atoms with Gasteiger partial charge >= 0.3 is 0 Å². The fourth-order valence-corrected chi connectivity index (χ4v) is 8.57. The van der Waals surface area contributed by atoms with Gasteiger partial charge in [-0.25, -0.2) is 4.98 Å². The Morgan fingerprint density at radius 1 is 0.700 bits per heavy atom. The van der Waals surface area contributed by atoms with Gasteiger partial charge in [0.1, 0.15) is 5.88 Å². The molecular weight excluding hydrogens is 1040 g/mol. The smallest absolute Gasteiger partial charge is 0.213 e. The molecule has 0 spiro atoms. The summed E-state index contributed by atoms with van der Waals surface area (Å²) in [6.07, 6.45) is 23.5. The first kappa shape index (κ1) is 38.1. The third-order valence-corrected chi connectivity index (χ3v) is 11.8. The van der Waals surface area contributed by atoms with Gasteiger partial charge in [0.15, 0.2) is 14.6 Å². The van der Waals surface area contributed by atoms with Crippen LogP contribution in [0.3, 0.4) is 0 Å². The van der Waals surface area contributed by atoms with Crippen LogP contribution in [0.15, 0.2) is 194 Å². The van der Waals surface area contributed by atoms with E-state index in [1.165, 1.54) is 4.57 Å². The summed E-state index contributed by atoms with van der Waals surface area (Å²) in [6, 6.07) is 31.9. The van der Waals surface area contributed by atoms with Crippen LogP contribution in [0.4, 0.5) is 22.7 Å². The van der Waals surface area contributed by atoms with Crippen LogP contribution in [0.5, 0.6) is 11.6 Å². The number of nitrogens with one attached hydrogen (secondary N) is 2. The van der Waals surface area contributed by atoms with Gasteiger partial charge in [0.05, 0.1) is 16.5 Å². The Morgan fingerprint density at radius 3 is 2.09 bits per heavy atom. The number of ether oxygens (including phenoxy) is 1. The molecule has 0 bridgehead atoms. The maximum atomic E-state index is 9.15. The second-order valence-electron chi connectivity index (χ2n) is 17.4. The minimum Gasteiger partial charge on any atom is -0.503 e. The molecule has 0 saturated heterocycles. The zero-order valence-electron chi connectivity index (χ0n) is 45.3. The number of rotatable bonds is 7. The number of para-hydroxylation sites is 6. The van der Waals surface area contributed by atoms with Crippen LogP contribution in [-0.2, 0) is 33.5 Å². The van der Waals surface area contributed by atoms with Crippen molar-refractivity contribution in [3.05, 3.63) is 230 Å². The summed E-state index contributed by atoms with van der Waals surface area (Å²) in [7, 11) is 4.21. The number of hydrogen-bond acceptors (Lipinski definition) is 7. The minimum atomic E-state index is -2.73. The molecule has 344 valence electrons. The molecule has 8 aromatic rings. The first-order chi connectivity index (χ1) is 36.7. The maximum Gasteiger partial charge on any atom is 0.213 e. The predicted molar refractivity (Wildman–Crippen MR) is 286 cm³/mol. The second kappa shape index (κ2) is 19.7. The van der Waals surface area contributed by atoms with Crippen LogP contribution in [0.1, 0.15) is 47.2 Å². The first-order valence-electron chi connectivity index (χ1n) is 26.0. The molecule has 2 N–H and O–H groups in total. The number of benzene rings is 5. The fourth-order valence-electron chi connectivity index (χ4n) is 8.57. The molecular formula is C58H47B2N8OPt-3. The number of allylic oxidation sites excluding steroid dienone is 8. The average Bonchev–Trinajstić information content (AvgIpc) is 4.30. The number of hydrogen-bond donors (Lipinski definition) is 2. The summed E-state index contributed by atoms with van der Waals surface area (Å²) in [6.45, 7) is 5.54. The van der Waals surface area contributed by atoms with Crippen LogP contribution in [-0.4, -0.2) is 33.7 Å². The van der Waals surface area contributed by atoms with Gasteiger partial charge in [-0.1, -0.05) is 122 Å². The Kier molecular flexibility index (Phi) is 10.7. The molecule has 0 amide bonds. The molecule has 3 aromatic heterocycles. The quantitative estimate of drug-likeness (QED) is 0.122. The molecule has 9 nitrogen and oxygen atoms in total. The van der Waals surface area contributed by atoms with E-state index >= 15 is 0 Å². The SMILES string of the molecule is [2H]c1c([2H])c([2H])c2c(c1[2H])c1ccc(Oc3[c-]c(N4[CH-]N(c5c(/C6=C/C=C\N/C=C\C=C/[B]6)cccc5/C5=C/C=C\N/C=C\C=C/[B]5)c5ccccc54)cc(C(C)(C)C)n3)[c-]c1n2-c1nc2ccccc2n1C([2H])([2H])[2H].[Pt]. The van der Waals surface area contributed by atoms with Crippen molar-refractivity contribution in [3.63, 3.8) is 0 Å². The van der Waals surface area contributed by atoms with Gasteiger partial charge in [-0.15, -0.1) is 36.1 Å². The van der Waals surface area contributed by atoms with Crippen molar-refractivity contribution in [3.8, 4) is 17.6 Å². The molecule has 0 unspecified atom stereocenters. The average molecular weight is 1100 g/mol. The second-order valence-corrected chi connectivity index (χ2v) is 17.4. The minimum absolute atomic E-state index is 0. The van der Waals surface area contributed by atoms with E-state index < -0.39 is 24.5 Å². The zero-order chi connectivity index (χ0) is 52.9. The molecule has 0 saturated carbocycles. The summed E-state index contributed by atoms with van der Waals surface area (Å²) < 4.78 is 70.7. The zero-order valence-corrected chi connectivity index (χ0v) is 40.6. The van der Waals surface area contributed by atoms with E-state index in [2.05, 4.69) is 117 Å². The number of fused-ring (bicyclic) bond motifs is 5. The topological polar surface area (TPSA) is 75.4 Å². The normalized spacial score (nSPS) is 20.5. The van der Waals surface area contributed by atoms with Gasteiger partial charge in [-0.3, -0.25) is 4.98 Å². The summed E-state index contributed by atoms with van der Waals surface area (Å²) in [5, 5.41) is 6.95. The van der Waals surface area contributed by atoms with Crippen molar-refractivity contribution in [1.82, 2.24) is 29.7 Å². The standard InChI is InChI=1S/C58H47B2N8O.Pt/c1-58(2,3)54-36-40(37-55(64-54)69-41-28-29-43-42-18-5-7-24-49(42)68(53(43)38-41)57-63-48-23-6-8-25-50(48)65(57)4)66-39-67(52-27-10-9-26-51(52)66)56-44(46-21-16-34-61-32-13-11-30-59-46)19-15-20-45(56)47-22-17-35-62-33-14-12-31-60-47;/h5-36,39,61-62H,1-4H3;/q-3;/b30-11-,31-12-,32-13-,33-14-,34-16-,35-17-,46-21-,47-22-;/i4D3,5D,7D,18D,24D;. The number of aromatic nitrogens is 4. The van der Waals surface area contributed by atoms with E-state index in [1.807, 2.05) is 91.4 Å². The predicted octanol–water partition coefficient (Wildman–Crippen LogP) is 12.5. The van der Waals surface area contributed by atoms with Gasteiger partial charge in [0.2, 0.25) is 5.95 Å². The Balaban J connectivity index is 0.00000672. The van der Waals surface area contributed by atoms with E-state index in [1.54, 1.807) is 36.4 Å². The van der Waals surface area contributed by atoms with E-state index in [4.69, 9.17) is 24.3 Å². The van der Waals surface area contributed by atoms with Gasteiger partial charge < -0.3 is 34.3 Å². The van der Waals surface area contributed by atoms with E-state index in [0.717, 1.165) is 43.7 Å². The first-order valence-corrected chi connectivity index (χ1v) is 22.5. The Morgan fingerprint density at radius 2 is 1.37 bits per heavy atom. The molecule has 5 aromatic carbocycles. The van der Waals surface area contributed by atoms with Crippen molar-refractivity contribution in [2.45, 2.75) is 26.2 Å². The van der Waals surface area contributed by atoms with Crippen molar-refractivity contribution in [2.75, 3.05) is 9.80 Å². The largest absolute Gasteiger partial charge is 0.503 e. The van der Waals surface area contributed by atoms with Crippen LogP contribution in [0.25, 0.3) is 49.7 Å². The monoisotopic (exact) mass is 1100 g/mol. The van der Waals surface area contributed by atoms with E-state index in [9.17, 15) is 0 Å². The Hall–Kier alpha value is -7.74. The summed E-state index contributed by atoms with van der Waals surface area (Å²) in [5.41, 5.74) is 8.47. The van der Waals surface area contributed by atoms with Crippen molar-refractivity contribution in [1.29, 1.82) is 0 Å². The number of aryl methyl sites for hydroxylation is 1. The van der Waals surface area contributed by atoms with Gasteiger partial charge in [0.25, 0.3) is 0 Å². The fraction of sp³-hybridized carbons (Fsp3) is 0.0862. The van der Waals surface area contributed by atoms with E-state index in [-0.39, 0.29) is 67.1 Å². The summed E-state index contributed by atoms with van der Waals surface area (Å²) in [4.78, 5) is 14.1. The van der Waals surface area contributed by atoms with Crippen molar-refractivity contribution in [2.24, 2.45) is 6.98 Å². The molecule has 0 atom stereocenters. The third kappa shape index (κ3) is 8.89. The molecule has 11 rings (SSSR count).